The zero-order valence-electron chi connectivity index (χ0n) is 9.43. The Kier molecular flexibility index (Phi) is 5.94. The maximum absolute atomic E-state index is 11.4. The molecule has 98 valence electrons. The highest BCUT2D eigenvalue weighted by molar-refractivity contribution is 7.80. The second-order valence-corrected chi connectivity index (χ2v) is 3.88. The standard InChI is InChI=1S/C8H11N5O3S2/c1-2-16-6(14)3-9-8(17)12-11-7(15)5-4-18-13-10-5/h4H,2-3H2,1H3,(H,11,15)(H2,9,12,17). The van der Waals surface area contributed by atoms with Crippen LogP contribution in [0.4, 0.5) is 0 Å². The molecule has 10 heteroatoms. The van der Waals surface area contributed by atoms with E-state index in [4.69, 9.17) is 12.2 Å². The van der Waals surface area contributed by atoms with Gasteiger partial charge in [0.15, 0.2) is 10.8 Å². The fourth-order valence-electron chi connectivity index (χ4n) is 0.850. The molecular formula is C8H11N5O3S2. The Morgan fingerprint density at radius 1 is 1.50 bits per heavy atom. The number of thiocarbonyl (C=S) groups is 1. The Bertz CT molecular complexity index is 422. The highest BCUT2D eigenvalue weighted by Gasteiger charge is 2.08. The van der Waals surface area contributed by atoms with Gasteiger partial charge in [-0.1, -0.05) is 4.49 Å². The van der Waals surface area contributed by atoms with E-state index in [9.17, 15) is 9.59 Å². The lowest BCUT2D eigenvalue weighted by Crippen LogP contribution is -2.48. The third kappa shape index (κ3) is 5.01. The van der Waals surface area contributed by atoms with Gasteiger partial charge in [0.25, 0.3) is 5.91 Å². The van der Waals surface area contributed by atoms with Crippen molar-refractivity contribution in [3.05, 3.63) is 11.1 Å². The molecule has 1 aromatic rings. The molecule has 0 atom stereocenters. The van der Waals surface area contributed by atoms with Gasteiger partial charge in [-0.05, 0) is 30.7 Å². The Balaban J connectivity index is 2.21. The van der Waals surface area contributed by atoms with Gasteiger partial charge in [0, 0.05) is 5.38 Å². The summed E-state index contributed by atoms with van der Waals surface area (Å²) in [6, 6.07) is 0. The van der Waals surface area contributed by atoms with Crippen molar-refractivity contribution in [2.45, 2.75) is 6.92 Å². The molecule has 0 bridgehead atoms. The smallest absolute Gasteiger partial charge is 0.325 e. The van der Waals surface area contributed by atoms with E-state index in [1.807, 2.05) is 0 Å². The van der Waals surface area contributed by atoms with Crippen molar-refractivity contribution < 1.29 is 14.3 Å². The molecule has 18 heavy (non-hydrogen) atoms. The topological polar surface area (TPSA) is 105 Å². The number of aromatic nitrogens is 2. The first-order valence-electron chi connectivity index (χ1n) is 4.90. The van der Waals surface area contributed by atoms with Crippen LogP contribution in [0.3, 0.4) is 0 Å². The average molecular weight is 289 g/mol. The van der Waals surface area contributed by atoms with E-state index < -0.39 is 11.9 Å². The van der Waals surface area contributed by atoms with Gasteiger partial charge in [0.1, 0.15) is 6.54 Å². The maximum atomic E-state index is 11.4. The Labute approximate surface area is 112 Å². The minimum Gasteiger partial charge on any atom is -0.465 e. The summed E-state index contributed by atoms with van der Waals surface area (Å²) < 4.78 is 8.23. The molecule has 3 N–H and O–H groups in total. The van der Waals surface area contributed by atoms with Crippen LogP contribution in [0.5, 0.6) is 0 Å². The third-order valence-corrected chi connectivity index (χ3v) is 2.33. The largest absolute Gasteiger partial charge is 0.465 e. The number of amides is 1. The molecule has 0 saturated heterocycles. The zero-order chi connectivity index (χ0) is 13.4. The summed E-state index contributed by atoms with van der Waals surface area (Å²) in [7, 11) is 0. The number of nitrogens with zero attached hydrogens (tertiary/aromatic N) is 2. The Hall–Kier alpha value is -1.81. The summed E-state index contributed by atoms with van der Waals surface area (Å²) in [6.07, 6.45) is 0. The predicted octanol–water partition coefficient (Wildman–Crippen LogP) is -0.790. The lowest BCUT2D eigenvalue weighted by Gasteiger charge is -2.09. The van der Waals surface area contributed by atoms with Crippen molar-refractivity contribution in [1.82, 2.24) is 25.8 Å². The number of hydrogen-bond donors (Lipinski definition) is 3. The van der Waals surface area contributed by atoms with Crippen LogP contribution in [0.1, 0.15) is 17.4 Å². The fourth-order valence-corrected chi connectivity index (χ4v) is 1.41. The minimum absolute atomic E-state index is 0.0756. The summed E-state index contributed by atoms with van der Waals surface area (Å²) in [4.78, 5) is 22.4. The molecule has 0 saturated carbocycles. The molecule has 8 nitrogen and oxygen atoms in total. The highest BCUT2D eigenvalue weighted by Crippen LogP contribution is 1.94. The molecule has 1 rings (SSSR count). The number of carbonyl (C=O) groups is 2. The van der Waals surface area contributed by atoms with Crippen molar-refractivity contribution >= 4 is 40.7 Å². The number of rotatable bonds is 4. The number of esters is 1. The predicted molar refractivity (Wildman–Crippen MR) is 67.7 cm³/mol. The number of hydrogen-bond acceptors (Lipinski definition) is 7. The van der Waals surface area contributed by atoms with Gasteiger partial charge in [-0.2, -0.15) is 0 Å². The summed E-state index contributed by atoms with van der Waals surface area (Å²) in [5.74, 6) is -0.902. The molecule has 0 radical (unpaired) electrons. The van der Waals surface area contributed by atoms with Gasteiger partial charge in [-0.3, -0.25) is 20.4 Å². The molecule has 0 aromatic carbocycles. The van der Waals surface area contributed by atoms with Gasteiger partial charge in [-0.25, -0.2) is 0 Å². The Morgan fingerprint density at radius 2 is 2.28 bits per heavy atom. The van der Waals surface area contributed by atoms with Gasteiger partial charge < -0.3 is 10.1 Å². The average Bonchev–Trinajstić information content (AvgIpc) is 2.87. The zero-order valence-corrected chi connectivity index (χ0v) is 11.1. The monoisotopic (exact) mass is 289 g/mol. The van der Waals surface area contributed by atoms with E-state index >= 15 is 0 Å². The van der Waals surface area contributed by atoms with Crippen LogP contribution < -0.4 is 16.2 Å². The molecule has 0 spiro atoms. The van der Waals surface area contributed by atoms with Crippen molar-refractivity contribution in [2.75, 3.05) is 13.2 Å². The maximum Gasteiger partial charge on any atom is 0.325 e. The summed E-state index contributed by atoms with van der Waals surface area (Å²) in [5.41, 5.74) is 4.90. The minimum atomic E-state index is -0.468. The fraction of sp³-hybridized carbons (Fsp3) is 0.375. The summed E-state index contributed by atoms with van der Waals surface area (Å²) >= 11 is 5.89. The lowest BCUT2D eigenvalue weighted by atomic mass is 10.5. The van der Waals surface area contributed by atoms with Crippen LogP contribution in [-0.4, -0.2) is 39.7 Å². The van der Waals surface area contributed by atoms with Crippen molar-refractivity contribution in [2.24, 2.45) is 0 Å². The van der Waals surface area contributed by atoms with Gasteiger partial charge in [0.05, 0.1) is 6.61 Å². The highest BCUT2D eigenvalue weighted by atomic mass is 32.1. The molecule has 0 aliphatic heterocycles. The molecule has 1 aromatic heterocycles. The molecule has 0 aliphatic rings. The molecule has 0 fully saturated rings. The molecule has 0 aliphatic carbocycles. The quantitative estimate of drug-likeness (QED) is 0.376. The number of carbonyl (C=O) groups excluding carboxylic acids is 2. The lowest BCUT2D eigenvalue weighted by molar-refractivity contribution is -0.141. The van der Waals surface area contributed by atoms with E-state index in [1.165, 1.54) is 5.38 Å². The Morgan fingerprint density at radius 3 is 2.89 bits per heavy atom. The number of hydrazine groups is 1. The molecule has 0 unspecified atom stereocenters. The van der Waals surface area contributed by atoms with Crippen LogP contribution in [-0.2, 0) is 9.53 Å². The number of nitrogens with one attached hydrogen (secondary N) is 3. The molecular weight excluding hydrogens is 278 g/mol. The summed E-state index contributed by atoms with van der Waals surface area (Å²) in [5, 5.41) is 7.73. The normalized spacial score (nSPS) is 9.39. The van der Waals surface area contributed by atoms with E-state index in [0.717, 1.165) is 11.5 Å². The van der Waals surface area contributed by atoms with E-state index in [-0.39, 0.29) is 17.4 Å². The van der Waals surface area contributed by atoms with Crippen molar-refractivity contribution in [3.63, 3.8) is 0 Å². The van der Waals surface area contributed by atoms with Gasteiger partial charge >= 0.3 is 5.97 Å². The number of ether oxygens (including phenoxy) is 1. The second kappa shape index (κ2) is 7.50. The van der Waals surface area contributed by atoms with Gasteiger partial charge in [0.2, 0.25) is 0 Å². The van der Waals surface area contributed by atoms with Crippen molar-refractivity contribution in [3.8, 4) is 0 Å². The van der Waals surface area contributed by atoms with E-state index in [2.05, 4.69) is 30.5 Å². The molecule has 1 heterocycles. The first-order valence-corrected chi connectivity index (χ1v) is 6.14. The first-order chi connectivity index (χ1) is 8.63. The van der Waals surface area contributed by atoms with E-state index in [0.29, 0.717) is 6.61 Å². The van der Waals surface area contributed by atoms with Crippen LogP contribution in [0, 0.1) is 0 Å². The SMILES string of the molecule is CCOC(=O)CNC(=S)NNC(=O)c1csnn1. The third-order valence-electron chi connectivity index (χ3n) is 1.58. The van der Waals surface area contributed by atoms with Crippen LogP contribution >= 0.6 is 23.8 Å². The second-order valence-electron chi connectivity index (χ2n) is 2.86. The van der Waals surface area contributed by atoms with Gasteiger partial charge in [-0.15, -0.1) is 5.10 Å². The summed E-state index contributed by atoms with van der Waals surface area (Å²) in [6.45, 7) is 1.93. The van der Waals surface area contributed by atoms with E-state index in [1.54, 1.807) is 6.92 Å². The van der Waals surface area contributed by atoms with Crippen LogP contribution in [0.15, 0.2) is 5.38 Å². The van der Waals surface area contributed by atoms with Crippen LogP contribution in [0.25, 0.3) is 0 Å². The first kappa shape index (κ1) is 14.3. The van der Waals surface area contributed by atoms with Crippen molar-refractivity contribution in [1.29, 1.82) is 0 Å². The van der Waals surface area contributed by atoms with Crippen LogP contribution in [0.2, 0.25) is 0 Å². The molecule has 1 amide bonds.